The zero-order valence-corrected chi connectivity index (χ0v) is 4.21. The fraction of sp³-hybridized carbons (Fsp3) is 0. The highest BCUT2D eigenvalue weighted by atomic mass is 15.3. The van der Waals surface area contributed by atoms with Crippen LogP contribution >= 0.6 is 0 Å². The third-order valence-corrected chi connectivity index (χ3v) is 0.384. The number of hydrazone groups is 1. The fourth-order valence-electron chi connectivity index (χ4n) is 0.152. The molecule has 2 N–H and O–H groups in total. The van der Waals surface area contributed by atoms with Crippen LogP contribution in [0.3, 0.4) is 0 Å². The van der Waals surface area contributed by atoms with E-state index in [1.807, 2.05) is 0 Å². The van der Waals surface area contributed by atoms with Crippen molar-refractivity contribution in [3.63, 3.8) is 0 Å². The average Bonchev–Trinajstić information content (AvgIpc) is 1.88. The molecule has 9 heavy (non-hydrogen) atoms. The number of nitrogens with zero attached hydrogens (tertiary/aromatic N) is 7. The minimum Gasteiger partial charge on any atom is -0.323 e. The van der Waals surface area contributed by atoms with E-state index in [2.05, 4.69) is 31.0 Å². The standard InChI is InChI=1S/CH2N8/c2-5-1(6-8-3)7-9-4/h2H2. The van der Waals surface area contributed by atoms with Crippen molar-refractivity contribution in [2.24, 2.45) is 21.2 Å². The zero-order chi connectivity index (χ0) is 7.11. The van der Waals surface area contributed by atoms with Crippen molar-refractivity contribution in [1.29, 1.82) is 0 Å². The molecule has 0 amide bonds. The molecule has 0 spiro atoms. The maximum Gasteiger partial charge on any atom is 0.209 e. The van der Waals surface area contributed by atoms with E-state index in [0.29, 0.717) is 0 Å². The van der Waals surface area contributed by atoms with Crippen LogP contribution in [-0.2, 0) is 0 Å². The average molecular weight is 126 g/mol. The van der Waals surface area contributed by atoms with Crippen LogP contribution in [0.4, 0.5) is 0 Å². The normalized spacial score (nSPS) is 6.22. The van der Waals surface area contributed by atoms with E-state index in [1.165, 1.54) is 0 Å². The SMILES string of the molecule is [N-]=[N+]=NC(N=[N+]=[N-])=NN. The van der Waals surface area contributed by atoms with E-state index in [-0.39, 0.29) is 0 Å². The Morgan fingerprint density at radius 1 is 1.22 bits per heavy atom. The summed E-state index contributed by atoms with van der Waals surface area (Å²) < 4.78 is 0. The van der Waals surface area contributed by atoms with Gasteiger partial charge >= 0.3 is 0 Å². The molecule has 8 nitrogen and oxygen atoms in total. The van der Waals surface area contributed by atoms with Gasteiger partial charge in [-0.2, -0.15) is 5.10 Å². The summed E-state index contributed by atoms with van der Waals surface area (Å²) in [5.74, 6) is 4.17. The first-order valence-corrected chi connectivity index (χ1v) is 1.73. The van der Waals surface area contributed by atoms with Crippen molar-refractivity contribution in [2.75, 3.05) is 0 Å². The highest BCUT2D eigenvalue weighted by Crippen LogP contribution is 1.80. The van der Waals surface area contributed by atoms with Crippen LogP contribution in [0.2, 0.25) is 0 Å². The van der Waals surface area contributed by atoms with Crippen molar-refractivity contribution in [3.05, 3.63) is 20.9 Å². The quantitative estimate of drug-likeness (QED) is 0.0960. The van der Waals surface area contributed by atoms with Crippen molar-refractivity contribution in [2.45, 2.75) is 0 Å². The second-order valence-electron chi connectivity index (χ2n) is 0.808. The van der Waals surface area contributed by atoms with Crippen molar-refractivity contribution in [1.82, 2.24) is 0 Å². The lowest BCUT2D eigenvalue weighted by molar-refractivity contribution is 1.20. The molecule has 0 aromatic carbocycles. The van der Waals surface area contributed by atoms with Gasteiger partial charge in [0, 0.05) is 9.82 Å². The first-order chi connectivity index (χ1) is 4.35. The molecule has 0 aromatic heterocycles. The van der Waals surface area contributed by atoms with E-state index >= 15 is 0 Å². The Labute approximate surface area is 49.2 Å². The van der Waals surface area contributed by atoms with Gasteiger partial charge in [-0.15, -0.1) is 0 Å². The van der Waals surface area contributed by atoms with E-state index in [1.54, 1.807) is 0 Å². The van der Waals surface area contributed by atoms with Crippen LogP contribution in [0.1, 0.15) is 0 Å². The summed E-state index contributed by atoms with van der Waals surface area (Å²) in [5.41, 5.74) is 15.5. The van der Waals surface area contributed by atoms with Crippen LogP contribution < -0.4 is 5.84 Å². The Morgan fingerprint density at radius 3 is 1.89 bits per heavy atom. The summed E-state index contributed by atoms with van der Waals surface area (Å²) in [6.07, 6.45) is 0. The van der Waals surface area contributed by atoms with E-state index in [0.717, 1.165) is 0 Å². The van der Waals surface area contributed by atoms with Gasteiger partial charge < -0.3 is 5.84 Å². The van der Waals surface area contributed by atoms with Crippen LogP contribution in [0.15, 0.2) is 15.3 Å². The third kappa shape index (κ3) is 2.75. The van der Waals surface area contributed by atoms with Crippen molar-refractivity contribution in [3.8, 4) is 0 Å². The lowest BCUT2D eigenvalue weighted by Gasteiger charge is -1.77. The smallest absolute Gasteiger partial charge is 0.209 e. The molecule has 0 aliphatic carbocycles. The van der Waals surface area contributed by atoms with Gasteiger partial charge in [0.25, 0.3) is 0 Å². The van der Waals surface area contributed by atoms with Gasteiger partial charge in [0.2, 0.25) is 5.96 Å². The summed E-state index contributed by atoms with van der Waals surface area (Å²) >= 11 is 0. The highest BCUT2D eigenvalue weighted by molar-refractivity contribution is 5.80. The topological polar surface area (TPSA) is 136 Å². The molecule has 0 aliphatic rings. The van der Waals surface area contributed by atoms with Crippen LogP contribution in [0.25, 0.3) is 20.9 Å². The molecule has 0 aliphatic heterocycles. The minimum atomic E-state index is -0.431. The Bertz CT molecular complexity index is 179. The molecule has 0 radical (unpaired) electrons. The van der Waals surface area contributed by atoms with Gasteiger partial charge in [-0.05, 0) is 21.3 Å². The molecule has 46 valence electrons. The lowest BCUT2D eigenvalue weighted by atomic mass is 11.1. The van der Waals surface area contributed by atoms with Gasteiger partial charge in [0.1, 0.15) is 0 Å². The molecular formula is CH2N8. The Hall–Kier alpha value is -1.91. The number of guanidine groups is 1. The fourth-order valence-corrected chi connectivity index (χ4v) is 0.152. The van der Waals surface area contributed by atoms with Crippen LogP contribution in [0.5, 0.6) is 0 Å². The first kappa shape index (κ1) is 7.09. The summed E-state index contributed by atoms with van der Waals surface area (Å²) in [6.45, 7) is 0. The molecule has 0 atom stereocenters. The summed E-state index contributed by atoms with van der Waals surface area (Å²) in [7, 11) is 0. The van der Waals surface area contributed by atoms with Crippen LogP contribution in [-0.4, -0.2) is 5.96 Å². The summed E-state index contributed by atoms with van der Waals surface area (Å²) in [6, 6.07) is 0. The zero-order valence-electron chi connectivity index (χ0n) is 4.21. The maximum atomic E-state index is 7.73. The van der Waals surface area contributed by atoms with Crippen molar-refractivity contribution < 1.29 is 0 Å². The molecule has 0 rings (SSSR count). The Kier molecular flexibility index (Phi) is 3.35. The maximum absolute atomic E-state index is 7.73. The Morgan fingerprint density at radius 2 is 1.67 bits per heavy atom. The monoisotopic (exact) mass is 126 g/mol. The lowest BCUT2D eigenvalue weighted by Crippen LogP contribution is -1.90. The van der Waals surface area contributed by atoms with Crippen molar-refractivity contribution >= 4 is 5.96 Å². The van der Waals surface area contributed by atoms with Gasteiger partial charge in [-0.1, -0.05) is 0 Å². The third-order valence-electron chi connectivity index (χ3n) is 0.384. The van der Waals surface area contributed by atoms with E-state index in [9.17, 15) is 0 Å². The largest absolute Gasteiger partial charge is 0.323 e. The molecule has 0 saturated heterocycles. The number of rotatable bonds is 0. The summed E-state index contributed by atoms with van der Waals surface area (Å²) in [5, 5.41) is 8.48. The molecule has 0 fully saturated rings. The second kappa shape index (κ2) is 4.25. The molecule has 0 aromatic rings. The first-order valence-electron chi connectivity index (χ1n) is 1.73. The number of hydrogen-bond donors (Lipinski definition) is 1. The predicted octanol–water partition coefficient (Wildman–Crippen LogP) is 0.837. The molecule has 8 heteroatoms. The second-order valence-corrected chi connectivity index (χ2v) is 0.808. The van der Waals surface area contributed by atoms with Gasteiger partial charge in [0.05, 0.1) is 0 Å². The minimum absolute atomic E-state index is 0.431. The molecule has 0 saturated carbocycles. The predicted molar refractivity (Wildman–Crippen MR) is 29.9 cm³/mol. The molecular weight excluding hydrogens is 124 g/mol. The summed E-state index contributed by atoms with van der Waals surface area (Å²) in [4.78, 5) is 4.55. The van der Waals surface area contributed by atoms with Gasteiger partial charge in [0.15, 0.2) is 0 Å². The highest BCUT2D eigenvalue weighted by Gasteiger charge is 1.83. The van der Waals surface area contributed by atoms with Gasteiger partial charge in [-0.3, -0.25) is 0 Å². The Balaban J connectivity index is 4.36. The van der Waals surface area contributed by atoms with E-state index < -0.39 is 5.96 Å². The van der Waals surface area contributed by atoms with E-state index in [4.69, 9.17) is 11.1 Å². The molecule has 0 heterocycles. The number of hydrogen-bond acceptors (Lipinski definition) is 2. The molecule has 0 bridgehead atoms. The number of azide groups is 1. The molecule has 0 unspecified atom stereocenters. The van der Waals surface area contributed by atoms with Gasteiger partial charge in [-0.25, -0.2) is 0 Å². The van der Waals surface area contributed by atoms with Crippen LogP contribution in [0, 0.1) is 0 Å². The number of nitrogens with two attached hydrogens (primary N) is 1.